The van der Waals surface area contributed by atoms with Crippen molar-refractivity contribution in [2.24, 2.45) is 5.73 Å². The Morgan fingerprint density at radius 1 is 1.05 bits per heavy atom. The summed E-state index contributed by atoms with van der Waals surface area (Å²) in [7, 11) is 0. The van der Waals surface area contributed by atoms with Crippen LogP contribution in [0.4, 0.5) is 24.5 Å². The van der Waals surface area contributed by atoms with E-state index in [1.54, 1.807) is 0 Å². The zero-order chi connectivity index (χ0) is 14.9. The molecule has 20 heavy (non-hydrogen) atoms. The number of phenolic OH excluding ortho intramolecular Hbond substituents is 1. The molecule has 0 fully saturated rings. The molecule has 0 saturated heterocycles. The molecule has 0 amide bonds. The third-order valence-corrected chi connectivity index (χ3v) is 2.78. The fourth-order valence-electron chi connectivity index (χ4n) is 1.69. The number of nitrogens with two attached hydrogens (primary N) is 1. The molecule has 2 aromatic carbocycles. The predicted molar refractivity (Wildman–Crippen MR) is 73.3 cm³/mol. The Morgan fingerprint density at radius 2 is 1.65 bits per heavy atom. The van der Waals surface area contributed by atoms with Crippen molar-refractivity contribution in [2.45, 2.75) is 0 Å². The highest BCUT2D eigenvalue weighted by atomic mass is 32.1. The second-order valence-electron chi connectivity index (χ2n) is 3.88. The number of rotatable bonds is 2. The van der Waals surface area contributed by atoms with Crippen LogP contribution < -0.4 is 10.6 Å². The molecule has 0 aromatic heterocycles. The number of thiocarbonyl (C=S) groups is 1. The fourth-order valence-corrected chi connectivity index (χ4v) is 1.89. The number of anilines is 2. The van der Waals surface area contributed by atoms with Crippen LogP contribution in [0.5, 0.6) is 5.75 Å². The molecule has 3 nitrogen and oxygen atoms in total. The molecule has 7 heteroatoms. The number of benzene rings is 2. The minimum absolute atomic E-state index is 0.136. The molecule has 0 heterocycles. The first kappa shape index (κ1) is 14.1. The zero-order valence-electron chi connectivity index (χ0n) is 9.98. The summed E-state index contributed by atoms with van der Waals surface area (Å²) in [5.41, 5.74) is 5.70. The Kier molecular flexibility index (Phi) is 3.80. The van der Waals surface area contributed by atoms with Gasteiger partial charge in [0.15, 0.2) is 16.7 Å². The molecule has 0 atom stereocenters. The number of hydrogen-bond donors (Lipinski definition) is 2. The van der Waals surface area contributed by atoms with Crippen LogP contribution in [0, 0.1) is 17.5 Å². The van der Waals surface area contributed by atoms with Gasteiger partial charge < -0.3 is 10.8 Å². The molecule has 0 aliphatic carbocycles. The van der Waals surface area contributed by atoms with E-state index in [1.807, 2.05) is 0 Å². The third kappa shape index (κ3) is 2.53. The van der Waals surface area contributed by atoms with Crippen LogP contribution in [0.3, 0.4) is 0 Å². The topological polar surface area (TPSA) is 49.5 Å². The SMILES string of the molecule is NC(=S)N(c1ccc(F)cc1)c1ccc(F)c(F)c1O. The molecular formula is C13H9F3N2OS. The van der Waals surface area contributed by atoms with E-state index in [-0.39, 0.29) is 10.8 Å². The van der Waals surface area contributed by atoms with Gasteiger partial charge in [-0.3, -0.25) is 4.90 Å². The van der Waals surface area contributed by atoms with E-state index in [2.05, 4.69) is 0 Å². The normalized spacial score (nSPS) is 10.3. The molecule has 2 aromatic rings. The second-order valence-corrected chi connectivity index (χ2v) is 4.30. The van der Waals surface area contributed by atoms with E-state index in [9.17, 15) is 18.3 Å². The van der Waals surface area contributed by atoms with Gasteiger partial charge in [-0.15, -0.1) is 0 Å². The third-order valence-electron chi connectivity index (χ3n) is 2.59. The molecule has 0 spiro atoms. The van der Waals surface area contributed by atoms with E-state index in [0.29, 0.717) is 5.69 Å². The summed E-state index contributed by atoms with van der Waals surface area (Å²) in [5.74, 6) is -4.02. The van der Waals surface area contributed by atoms with Gasteiger partial charge in [-0.05, 0) is 48.6 Å². The van der Waals surface area contributed by atoms with Crippen molar-refractivity contribution in [3.8, 4) is 5.75 Å². The Labute approximate surface area is 118 Å². The maximum atomic E-state index is 13.4. The molecule has 0 radical (unpaired) electrons. The summed E-state index contributed by atoms with van der Waals surface area (Å²) < 4.78 is 39.3. The van der Waals surface area contributed by atoms with Crippen molar-refractivity contribution >= 4 is 28.7 Å². The lowest BCUT2D eigenvalue weighted by atomic mass is 10.2. The van der Waals surface area contributed by atoms with E-state index >= 15 is 0 Å². The minimum atomic E-state index is -1.41. The van der Waals surface area contributed by atoms with Crippen LogP contribution in [-0.4, -0.2) is 10.2 Å². The minimum Gasteiger partial charge on any atom is -0.503 e. The Balaban J connectivity index is 2.58. The molecule has 0 aliphatic rings. The molecule has 0 aliphatic heterocycles. The maximum absolute atomic E-state index is 13.4. The van der Waals surface area contributed by atoms with Gasteiger partial charge in [-0.2, -0.15) is 4.39 Å². The highest BCUT2D eigenvalue weighted by Crippen LogP contribution is 2.35. The number of hydrogen-bond acceptors (Lipinski definition) is 2. The lowest BCUT2D eigenvalue weighted by Gasteiger charge is -2.24. The summed E-state index contributed by atoms with van der Waals surface area (Å²) in [6.45, 7) is 0. The zero-order valence-corrected chi connectivity index (χ0v) is 10.8. The van der Waals surface area contributed by atoms with Crippen LogP contribution in [-0.2, 0) is 0 Å². The molecule has 0 unspecified atom stereocenters. The number of nitrogens with zero attached hydrogens (tertiary/aromatic N) is 1. The van der Waals surface area contributed by atoms with E-state index in [4.69, 9.17) is 18.0 Å². The molecular weight excluding hydrogens is 289 g/mol. The van der Waals surface area contributed by atoms with Gasteiger partial charge in [0, 0.05) is 5.69 Å². The molecule has 2 rings (SSSR count). The maximum Gasteiger partial charge on any atom is 0.202 e. The van der Waals surface area contributed by atoms with Crippen molar-refractivity contribution in [3.05, 3.63) is 53.8 Å². The van der Waals surface area contributed by atoms with Crippen molar-refractivity contribution in [1.82, 2.24) is 0 Å². The van der Waals surface area contributed by atoms with Crippen LogP contribution in [0.2, 0.25) is 0 Å². The average molecular weight is 298 g/mol. The molecule has 0 bridgehead atoms. The summed E-state index contributed by atoms with van der Waals surface area (Å²) in [5, 5.41) is 9.46. The largest absolute Gasteiger partial charge is 0.503 e. The highest BCUT2D eigenvalue weighted by molar-refractivity contribution is 7.80. The van der Waals surface area contributed by atoms with Crippen molar-refractivity contribution in [2.75, 3.05) is 4.90 Å². The van der Waals surface area contributed by atoms with Gasteiger partial charge in [0.2, 0.25) is 5.82 Å². The standard InChI is InChI=1S/C13H9F3N2OS/c14-7-1-3-8(4-2-7)18(13(17)20)10-6-5-9(15)11(16)12(10)19/h1-6,19H,(H2,17,20). The first-order valence-electron chi connectivity index (χ1n) is 5.44. The Bertz CT molecular complexity index is 661. The lowest BCUT2D eigenvalue weighted by Crippen LogP contribution is -2.31. The first-order chi connectivity index (χ1) is 9.41. The molecule has 0 saturated carbocycles. The van der Waals surface area contributed by atoms with E-state index < -0.39 is 23.2 Å². The first-order valence-corrected chi connectivity index (χ1v) is 5.84. The second kappa shape index (κ2) is 5.38. The smallest absolute Gasteiger partial charge is 0.202 e. The summed E-state index contributed by atoms with van der Waals surface area (Å²) in [6.07, 6.45) is 0. The summed E-state index contributed by atoms with van der Waals surface area (Å²) >= 11 is 4.83. The van der Waals surface area contributed by atoms with Crippen LogP contribution >= 0.6 is 12.2 Å². The molecule has 3 N–H and O–H groups in total. The summed E-state index contributed by atoms with van der Waals surface area (Å²) in [6, 6.07) is 6.94. The lowest BCUT2D eigenvalue weighted by molar-refractivity contribution is 0.408. The number of aromatic hydroxyl groups is 1. The van der Waals surface area contributed by atoms with Crippen LogP contribution in [0.15, 0.2) is 36.4 Å². The number of phenols is 1. The highest BCUT2D eigenvalue weighted by Gasteiger charge is 2.20. The molecule has 104 valence electrons. The van der Waals surface area contributed by atoms with Gasteiger partial charge in [0.1, 0.15) is 5.82 Å². The van der Waals surface area contributed by atoms with Crippen molar-refractivity contribution in [1.29, 1.82) is 0 Å². The summed E-state index contributed by atoms with van der Waals surface area (Å²) in [4.78, 5) is 1.10. The predicted octanol–water partition coefficient (Wildman–Crippen LogP) is 3.19. The fraction of sp³-hybridized carbons (Fsp3) is 0. The van der Waals surface area contributed by atoms with Crippen molar-refractivity contribution < 1.29 is 18.3 Å². The van der Waals surface area contributed by atoms with Gasteiger partial charge in [0.05, 0.1) is 5.69 Å². The van der Waals surface area contributed by atoms with E-state index in [0.717, 1.165) is 29.2 Å². The van der Waals surface area contributed by atoms with Crippen molar-refractivity contribution in [3.63, 3.8) is 0 Å². The quantitative estimate of drug-likeness (QED) is 0.836. The average Bonchev–Trinajstić information content (AvgIpc) is 2.41. The number of halogens is 3. The Hall–Kier alpha value is -2.28. The van der Waals surface area contributed by atoms with Crippen LogP contribution in [0.1, 0.15) is 0 Å². The van der Waals surface area contributed by atoms with Gasteiger partial charge in [0.25, 0.3) is 0 Å². The Morgan fingerprint density at radius 3 is 2.20 bits per heavy atom. The monoisotopic (exact) mass is 298 g/mol. The van der Waals surface area contributed by atoms with Gasteiger partial charge in [-0.1, -0.05) is 0 Å². The van der Waals surface area contributed by atoms with Gasteiger partial charge >= 0.3 is 0 Å². The van der Waals surface area contributed by atoms with Crippen LogP contribution in [0.25, 0.3) is 0 Å². The van der Waals surface area contributed by atoms with Gasteiger partial charge in [-0.25, -0.2) is 8.78 Å². The van der Waals surface area contributed by atoms with E-state index in [1.165, 1.54) is 12.1 Å².